The van der Waals surface area contributed by atoms with Crippen LogP contribution in [0.25, 0.3) is 5.78 Å². The van der Waals surface area contributed by atoms with Gasteiger partial charge in [-0.05, 0) is 50.5 Å². The largest absolute Gasteiger partial charge is 0.480 e. The second kappa shape index (κ2) is 6.34. The van der Waals surface area contributed by atoms with E-state index in [-0.39, 0.29) is 18.2 Å². The molecule has 0 bridgehead atoms. The van der Waals surface area contributed by atoms with Crippen molar-refractivity contribution < 1.29 is 14.7 Å². The van der Waals surface area contributed by atoms with Gasteiger partial charge in [0.05, 0.1) is 0 Å². The first kappa shape index (κ1) is 16.9. The SMILES string of the molecule is Cc1nc2ncnn2c(C)c1CCC(=O)N1CC2CCCC2C1C(=O)O. The number of hydrogen-bond acceptors (Lipinski definition) is 5. The zero-order chi connectivity index (χ0) is 18.4. The van der Waals surface area contributed by atoms with Gasteiger partial charge in [0, 0.05) is 24.4 Å². The molecule has 1 amide bonds. The van der Waals surface area contributed by atoms with Crippen LogP contribution in [0.2, 0.25) is 0 Å². The molecular weight excluding hydrogens is 334 g/mol. The van der Waals surface area contributed by atoms with Crippen molar-refractivity contribution in [1.29, 1.82) is 0 Å². The van der Waals surface area contributed by atoms with Crippen LogP contribution >= 0.6 is 0 Å². The third-order valence-corrected chi connectivity index (χ3v) is 6.04. The topological polar surface area (TPSA) is 101 Å². The molecule has 1 aliphatic heterocycles. The number of carboxylic acids is 1. The molecule has 2 aliphatic rings. The van der Waals surface area contributed by atoms with E-state index in [0.717, 1.165) is 36.2 Å². The minimum atomic E-state index is -0.870. The lowest BCUT2D eigenvalue weighted by molar-refractivity contribution is -0.149. The molecular formula is C18H23N5O3. The second-order valence-corrected chi connectivity index (χ2v) is 7.42. The molecule has 4 rings (SSSR count). The van der Waals surface area contributed by atoms with Crippen molar-refractivity contribution >= 4 is 17.7 Å². The maximum atomic E-state index is 12.8. The van der Waals surface area contributed by atoms with Crippen LogP contribution in [0.1, 0.15) is 42.6 Å². The Morgan fingerprint density at radius 1 is 1.31 bits per heavy atom. The van der Waals surface area contributed by atoms with E-state index in [1.54, 1.807) is 9.42 Å². The monoisotopic (exact) mass is 357 g/mol. The molecule has 26 heavy (non-hydrogen) atoms. The van der Waals surface area contributed by atoms with Gasteiger partial charge in [-0.15, -0.1) is 0 Å². The lowest BCUT2D eigenvalue weighted by atomic mass is 9.94. The van der Waals surface area contributed by atoms with Gasteiger partial charge >= 0.3 is 5.97 Å². The third kappa shape index (κ3) is 2.64. The van der Waals surface area contributed by atoms with Crippen LogP contribution < -0.4 is 0 Å². The van der Waals surface area contributed by atoms with Crippen LogP contribution in [0.5, 0.6) is 0 Å². The van der Waals surface area contributed by atoms with Gasteiger partial charge in [0.2, 0.25) is 5.91 Å². The van der Waals surface area contributed by atoms with E-state index in [1.165, 1.54) is 6.33 Å². The maximum Gasteiger partial charge on any atom is 0.326 e. The Kier molecular flexibility index (Phi) is 4.13. The Bertz CT molecular complexity index is 877. The van der Waals surface area contributed by atoms with Gasteiger partial charge in [0.15, 0.2) is 0 Å². The number of likely N-dealkylation sites (tertiary alicyclic amines) is 1. The van der Waals surface area contributed by atoms with E-state index in [1.807, 2.05) is 13.8 Å². The van der Waals surface area contributed by atoms with E-state index >= 15 is 0 Å². The number of hydrogen-bond donors (Lipinski definition) is 1. The quantitative estimate of drug-likeness (QED) is 0.887. The van der Waals surface area contributed by atoms with Crippen molar-refractivity contribution in [2.45, 2.75) is 52.0 Å². The highest BCUT2D eigenvalue weighted by atomic mass is 16.4. The normalized spacial score (nSPS) is 25.0. The molecule has 2 fully saturated rings. The van der Waals surface area contributed by atoms with E-state index < -0.39 is 12.0 Å². The number of aliphatic carboxylic acids is 1. The molecule has 0 spiro atoms. The summed E-state index contributed by atoms with van der Waals surface area (Å²) in [6.07, 6.45) is 5.29. The molecule has 0 radical (unpaired) electrons. The summed E-state index contributed by atoms with van der Waals surface area (Å²) in [5, 5.41) is 13.8. The molecule has 3 heterocycles. The number of fused-ring (bicyclic) bond motifs is 2. The predicted molar refractivity (Wildman–Crippen MR) is 92.5 cm³/mol. The van der Waals surface area contributed by atoms with Crippen LogP contribution in [-0.4, -0.2) is 54.1 Å². The number of carbonyl (C=O) groups excluding carboxylic acids is 1. The highest BCUT2D eigenvalue weighted by Crippen LogP contribution is 2.42. The Balaban J connectivity index is 1.51. The molecule has 138 valence electrons. The highest BCUT2D eigenvalue weighted by Gasteiger charge is 2.49. The molecule has 8 nitrogen and oxygen atoms in total. The summed E-state index contributed by atoms with van der Waals surface area (Å²) in [6.45, 7) is 4.43. The second-order valence-electron chi connectivity index (χ2n) is 7.42. The number of aryl methyl sites for hydroxylation is 2. The molecule has 2 aromatic rings. The van der Waals surface area contributed by atoms with Crippen LogP contribution in [-0.2, 0) is 16.0 Å². The predicted octanol–water partition coefficient (Wildman–Crippen LogP) is 1.39. The summed E-state index contributed by atoms with van der Waals surface area (Å²) in [5.41, 5.74) is 2.73. The standard InChI is InChI=1S/C18H23N5O3/c1-10-13(11(2)23-18(21-10)19-9-20-23)6-7-15(24)22-8-12-4-3-5-14(12)16(22)17(25)26/h9,12,14,16H,3-8H2,1-2H3,(H,25,26). The van der Waals surface area contributed by atoms with Crippen LogP contribution in [0.15, 0.2) is 6.33 Å². The van der Waals surface area contributed by atoms with Gasteiger partial charge in [-0.2, -0.15) is 10.1 Å². The summed E-state index contributed by atoms with van der Waals surface area (Å²) in [4.78, 5) is 34.7. The molecule has 1 saturated carbocycles. The van der Waals surface area contributed by atoms with E-state index in [2.05, 4.69) is 15.1 Å². The van der Waals surface area contributed by atoms with Gasteiger partial charge in [0.1, 0.15) is 12.4 Å². The van der Waals surface area contributed by atoms with Crippen molar-refractivity contribution in [1.82, 2.24) is 24.5 Å². The first-order chi connectivity index (χ1) is 12.5. The summed E-state index contributed by atoms with van der Waals surface area (Å²) in [5.74, 6) is 0.0632. The average molecular weight is 357 g/mol. The van der Waals surface area contributed by atoms with Gasteiger partial charge in [0.25, 0.3) is 5.78 Å². The lowest BCUT2D eigenvalue weighted by Gasteiger charge is -2.24. The van der Waals surface area contributed by atoms with Gasteiger partial charge in [-0.25, -0.2) is 14.3 Å². The molecule has 1 saturated heterocycles. The number of carboxylic acid groups (broad SMARTS) is 1. The van der Waals surface area contributed by atoms with Crippen molar-refractivity contribution in [3.05, 3.63) is 23.3 Å². The molecule has 1 aliphatic carbocycles. The number of aromatic nitrogens is 4. The van der Waals surface area contributed by atoms with Crippen molar-refractivity contribution in [2.75, 3.05) is 6.54 Å². The fraction of sp³-hybridized carbons (Fsp3) is 0.611. The third-order valence-electron chi connectivity index (χ3n) is 6.04. The van der Waals surface area contributed by atoms with Gasteiger partial charge in [-0.3, -0.25) is 4.79 Å². The Labute approximate surface area is 151 Å². The fourth-order valence-corrected chi connectivity index (χ4v) is 4.77. The summed E-state index contributed by atoms with van der Waals surface area (Å²) < 4.78 is 1.67. The first-order valence-electron chi connectivity index (χ1n) is 9.15. The summed E-state index contributed by atoms with van der Waals surface area (Å²) in [7, 11) is 0. The molecule has 1 N–H and O–H groups in total. The first-order valence-corrected chi connectivity index (χ1v) is 9.15. The minimum absolute atomic E-state index is 0.0794. The van der Waals surface area contributed by atoms with Gasteiger partial charge < -0.3 is 10.0 Å². The smallest absolute Gasteiger partial charge is 0.326 e. The highest BCUT2D eigenvalue weighted by molar-refractivity contribution is 5.85. The minimum Gasteiger partial charge on any atom is -0.480 e. The fourth-order valence-electron chi connectivity index (χ4n) is 4.77. The van der Waals surface area contributed by atoms with Gasteiger partial charge in [-0.1, -0.05) is 6.42 Å². The maximum absolute atomic E-state index is 12.8. The molecule has 2 aromatic heterocycles. The summed E-state index contributed by atoms with van der Waals surface area (Å²) in [6, 6.07) is -0.659. The lowest BCUT2D eigenvalue weighted by Crippen LogP contribution is -2.43. The average Bonchev–Trinajstić information content (AvgIpc) is 3.28. The Morgan fingerprint density at radius 2 is 2.12 bits per heavy atom. The molecule has 0 aromatic carbocycles. The van der Waals surface area contributed by atoms with Crippen LogP contribution in [0.3, 0.4) is 0 Å². The van der Waals surface area contributed by atoms with E-state index in [9.17, 15) is 14.7 Å². The zero-order valence-electron chi connectivity index (χ0n) is 15.1. The molecule has 3 unspecified atom stereocenters. The number of nitrogens with zero attached hydrogens (tertiary/aromatic N) is 5. The number of carbonyl (C=O) groups is 2. The number of amides is 1. The Morgan fingerprint density at radius 3 is 2.88 bits per heavy atom. The van der Waals surface area contributed by atoms with Crippen molar-refractivity contribution in [3.63, 3.8) is 0 Å². The van der Waals surface area contributed by atoms with Crippen LogP contribution in [0, 0.1) is 25.7 Å². The van der Waals surface area contributed by atoms with E-state index in [4.69, 9.17) is 0 Å². The summed E-state index contributed by atoms with van der Waals surface area (Å²) >= 11 is 0. The van der Waals surface area contributed by atoms with Crippen molar-refractivity contribution in [2.24, 2.45) is 11.8 Å². The number of rotatable bonds is 4. The van der Waals surface area contributed by atoms with Crippen molar-refractivity contribution in [3.8, 4) is 0 Å². The Hall–Kier alpha value is -2.51. The molecule has 8 heteroatoms. The van der Waals surface area contributed by atoms with Crippen LogP contribution in [0.4, 0.5) is 0 Å². The van der Waals surface area contributed by atoms with E-state index in [0.29, 0.717) is 24.7 Å². The zero-order valence-corrected chi connectivity index (χ0v) is 15.1. The molecule has 3 atom stereocenters.